The Morgan fingerprint density at radius 1 is 1.21 bits per heavy atom. The van der Waals surface area contributed by atoms with Gasteiger partial charge in [-0.1, -0.05) is 32.0 Å². The summed E-state index contributed by atoms with van der Waals surface area (Å²) in [6, 6.07) is 8.87. The van der Waals surface area contributed by atoms with Crippen LogP contribution in [0.3, 0.4) is 0 Å². The van der Waals surface area contributed by atoms with Gasteiger partial charge in [-0.05, 0) is 32.9 Å². The average molecular weight is 264 g/mol. The molecule has 0 aliphatic heterocycles. The number of likely N-dealkylation sites (N-methyl/N-ethyl adjacent to an activating group) is 1. The molecular weight excluding hydrogens is 236 g/mol. The van der Waals surface area contributed by atoms with E-state index in [9.17, 15) is 0 Å². The van der Waals surface area contributed by atoms with Crippen molar-refractivity contribution in [3.63, 3.8) is 0 Å². The van der Waals surface area contributed by atoms with E-state index in [-0.39, 0.29) is 6.04 Å². The second kappa shape index (κ2) is 7.51. The van der Waals surface area contributed by atoms with E-state index < -0.39 is 0 Å². The zero-order chi connectivity index (χ0) is 14.4. The molecule has 0 radical (unpaired) electrons. The fourth-order valence-corrected chi connectivity index (χ4v) is 2.31. The zero-order valence-corrected chi connectivity index (χ0v) is 12.9. The molecule has 0 amide bonds. The summed E-state index contributed by atoms with van der Waals surface area (Å²) in [5.41, 5.74) is 7.19. The molecule has 2 atom stereocenters. The highest BCUT2D eigenvalue weighted by atomic mass is 16.5. The molecule has 108 valence electrons. The van der Waals surface area contributed by atoms with Gasteiger partial charge in [0.1, 0.15) is 5.75 Å². The summed E-state index contributed by atoms with van der Waals surface area (Å²) in [4.78, 5) is 2.35. The number of nitrogens with two attached hydrogens (primary N) is 1. The molecule has 0 spiro atoms. The third-order valence-corrected chi connectivity index (χ3v) is 3.90. The first kappa shape index (κ1) is 16.0. The van der Waals surface area contributed by atoms with Gasteiger partial charge in [0, 0.05) is 18.2 Å². The van der Waals surface area contributed by atoms with Crippen molar-refractivity contribution in [2.24, 2.45) is 11.7 Å². The molecular formula is C16H28N2O. The summed E-state index contributed by atoms with van der Waals surface area (Å²) in [6.07, 6.45) is 0. The topological polar surface area (TPSA) is 38.5 Å². The zero-order valence-electron chi connectivity index (χ0n) is 12.9. The van der Waals surface area contributed by atoms with E-state index >= 15 is 0 Å². The molecule has 2 unspecified atom stereocenters. The van der Waals surface area contributed by atoms with Gasteiger partial charge < -0.3 is 10.5 Å². The third-order valence-electron chi connectivity index (χ3n) is 3.90. The number of para-hydroxylation sites is 1. The van der Waals surface area contributed by atoms with E-state index in [2.05, 4.69) is 38.8 Å². The van der Waals surface area contributed by atoms with E-state index in [4.69, 9.17) is 10.5 Å². The van der Waals surface area contributed by atoms with Gasteiger partial charge in [-0.25, -0.2) is 0 Å². The molecule has 1 aromatic rings. The number of nitrogens with zero attached hydrogens (tertiary/aromatic N) is 1. The van der Waals surface area contributed by atoms with Crippen LogP contribution in [0, 0.1) is 5.92 Å². The SMILES string of the molecule is CCOc1ccccc1C(CN)N(C)C(C)C(C)C. The average Bonchev–Trinajstić information content (AvgIpc) is 2.40. The minimum Gasteiger partial charge on any atom is -0.494 e. The minimum absolute atomic E-state index is 0.195. The number of ether oxygens (including phenoxy) is 1. The van der Waals surface area contributed by atoms with Gasteiger partial charge in [0.2, 0.25) is 0 Å². The molecule has 3 heteroatoms. The van der Waals surface area contributed by atoms with Crippen LogP contribution in [0.2, 0.25) is 0 Å². The summed E-state index contributed by atoms with van der Waals surface area (Å²) >= 11 is 0. The fraction of sp³-hybridized carbons (Fsp3) is 0.625. The van der Waals surface area contributed by atoms with E-state index in [0.717, 1.165) is 5.75 Å². The number of hydrogen-bond acceptors (Lipinski definition) is 3. The Morgan fingerprint density at radius 2 is 1.84 bits per heavy atom. The first-order valence-electron chi connectivity index (χ1n) is 7.16. The fourth-order valence-electron chi connectivity index (χ4n) is 2.31. The summed E-state index contributed by atoms with van der Waals surface area (Å²) < 4.78 is 5.73. The van der Waals surface area contributed by atoms with Crippen LogP contribution < -0.4 is 10.5 Å². The van der Waals surface area contributed by atoms with Crippen molar-refractivity contribution in [3.05, 3.63) is 29.8 Å². The highest BCUT2D eigenvalue weighted by Crippen LogP contribution is 2.30. The lowest BCUT2D eigenvalue weighted by Crippen LogP contribution is -2.39. The van der Waals surface area contributed by atoms with Crippen molar-refractivity contribution in [2.45, 2.75) is 39.8 Å². The smallest absolute Gasteiger partial charge is 0.124 e. The van der Waals surface area contributed by atoms with Gasteiger partial charge in [0.25, 0.3) is 0 Å². The van der Waals surface area contributed by atoms with Gasteiger partial charge >= 0.3 is 0 Å². The van der Waals surface area contributed by atoms with E-state index in [1.54, 1.807) is 0 Å². The highest BCUT2D eigenvalue weighted by molar-refractivity contribution is 5.36. The van der Waals surface area contributed by atoms with E-state index in [0.29, 0.717) is 25.1 Å². The van der Waals surface area contributed by atoms with Crippen molar-refractivity contribution in [2.75, 3.05) is 20.2 Å². The number of rotatable bonds is 7. The lowest BCUT2D eigenvalue weighted by molar-refractivity contribution is 0.149. The summed E-state index contributed by atoms with van der Waals surface area (Å²) in [7, 11) is 2.14. The maximum atomic E-state index is 6.01. The van der Waals surface area contributed by atoms with Crippen LogP contribution in [-0.4, -0.2) is 31.1 Å². The molecule has 0 saturated heterocycles. The molecule has 0 aromatic heterocycles. The lowest BCUT2D eigenvalue weighted by Gasteiger charge is -2.35. The molecule has 3 nitrogen and oxygen atoms in total. The summed E-state index contributed by atoms with van der Waals surface area (Å²) in [6.45, 7) is 10.0. The van der Waals surface area contributed by atoms with Crippen molar-refractivity contribution in [1.82, 2.24) is 4.90 Å². The molecule has 0 saturated carbocycles. The summed E-state index contributed by atoms with van der Waals surface area (Å²) in [5, 5.41) is 0. The Bertz CT molecular complexity index is 379. The minimum atomic E-state index is 0.195. The predicted molar refractivity (Wildman–Crippen MR) is 81.5 cm³/mol. The van der Waals surface area contributed by atoms with Crippen LogP contribution in [0.4, 0.5) is 0 Å². The molecule has 1 rings (SSSR count). The van der Waals surface area contributed by atoms with Crippen LogP contribution in [0.1, 0.15) is 39.3 Å². The Balaban J connectivity index is 3.02. The Labute approximate surface area is 117 Å². The molecule has 0 heterocycles. The van der Waals surface area contributed by atoms with Gasteiger partial charge in [-0.2, -0.15) is 0 Å². The maximum absolute atomic E-state index is 6.01. The first-order chi connectivity index (χ1) is 9.02. The lowest BCUT2D eigenvalue weighted by atomic mass is 9.98. The van der Waals surface area contributed by atoms with Crippen LogP contribution in [0.25, 0.3) is 0 Å². The van der Waals surface area contributed by atoms with Gasteiger partial charge in [0.05, 0.1) is 12.6 Å². The third kappa shape index (κ3) is 3.95. The van der Waals surface area contributed by atoms with E-state index in [1.165, 1.54) is 5.56 Å². The van der Waals surface area contributed by atoms with Crippen LogP contribution in [0.5, 0.6) is 5.75 Å². The second-order valence-corrected chi connectivity index (χ2v) is 5.37. The maximum Gasteiger partial charge on any atom is 0.124 e. The molecule has 0 aliphatic carbocycles. The predicted octanol–water partition coefficient (Wildman–Crippen LogP) is 3.06. The first-order valence-corrected chi connectivity index (χ1v) is 7.16. The van der Waals surface area contributed by atoms with Crippen molar-refractivity contribution < 1.29 is 4.74 Å². The van der Waals surface area contributed by atoms with Gasteiger partial charge in [-0.15, -0.1) is 0 Å². The van der Waals surface area contributed by atoms with Crippen LogP contribution in [-0.2, 0) is 0 Å². The van der Waals surface area contributed by atoms with Crippen LogP contribution in [0.15, 0.2) is 24.3 Å². The largest absolute Gasteiger partial charge is 0.494 e. The second-order valence-electron chi connectivity index (χ2n) is 5.37. The molecule has 19 heavy (non-hydrogen) atoms. The van der Waals surface area contributed by atoms with Crippen molar-refractivity contribution in [1.29, 1.82) is 0 Å². The normalized spacial score (nSPS) is 14.7. The van der Waals surface area contributed by atoms with Crippen molar-refractivity contribution in [3.8, 4) is 5.75 Å². The molecule has 1 aromatic carbocycles. The van der Waals surface area contributed by atoms with Crippen molar-refractivity contribution >= 4 is 0 Å². The summed E-state index contributed by atoms with van der Waals surface area (Å²) in [5.74, 6) is 1.54. The molecule has 0 fully saturated rings. The molecule has 0 aliphatic rings. The van der Waals surface area contributed by atoms with Gasteiger partial charge in [-0.3, -0.25) is 4.90 Å². The van der Waals surface area contributed by atoms with Gasteiger partial charge in [0.15, 0.2) is 0 Å². The highest BCUT2D eigenvalue weighted by Gasteiger charge is 2.24. The Hall–Kier alpha value is -1.06. The standard InChI is InChI=1S/C16H28N2O/c1-6-19-16-10-8-7-9-14(16)15(11-17)18(5)13(4)12(2)3/h7-10,12-13,15H,6,11,17H2,1-5H3. The Kier molecular flexibility index (Phi) is 6.32. The monoisotopic (exact) mass is 264 g/mol. The van der Waals surface area contributed by atoms with Crippen LogP contribution >= 0.6 is 0 Å². The Morgan fingerprint density at radius 3 is 2.37 bits per heavy atom. The number of hydrogen-bond donors (Lipinski definition) is 1. The number of benzene rings is 1. The van der Waals surface area contributed by atoms with E-state index in [1.807, 2.05) is 25.1 Å². The quantitative estimate of drug-likeness (QED) is 0.822. The molecule has 0 bridgehead atoms. The molecule has 2 N–H and O–H groups in total.